The van der Waals surface area contributed by atoms with E-state index < -0.39 is 0 Å². The zero-order chi connectivity index (χ0) is 14.0. The van der Waals surface area contributed by atoms with Crippen molar-refractivity contribution in [2.45, 2.75) is 19.8 Å². The average Bonchev–Trinajstić information content (AvgIpc) is 2.38. The van der Waals surface area contributed by atoms with E-state index >= 15 is 0 Å². The van der Waals surface area contributed by atoms with E-state index in [0.717, 1.165) is 17.7 Å². The molecule has 0 saturated carbocycles. The molecule has 0 spiro atoms. The summed E-state index contributed by atoms with van der Waals surface area (Å²) >= 11 is 13.9. The van der Waals surface area contributed by atoms with Gasteiger partial charge in [-0.3, -0.25) is 4.79 Å². The minimum absolute atomic E-state index is 0.0949. The van der Waals surface area contributed by atoms with Gasteiger partial charge in [-0.15, -0.1) is 0 Å². The van der Waals surface area contributed by atoms with Crippen LogP contribution in [0.1, 0.15) is 24.0 Å². The molecule has 0 atom stereocenters. The first-order valence-electron chi connectivity index (χ1n) is 5.72. The van der Waals surface area contributed by atoms with Crippen molar-refractivity contribution < 1.29 is 0 Å². The summed E-state index contributed by atoms with van der Waals surface area (Å²) in [5.41, 5.74) is 1.68. The Hall–Kier alpha value is -0.590. The van der Waals surface area contributed by atoms with E-state index in [0.29, 0.717) is 25.9 Å². The maximum absolute atomic E-state index is 11.8. The first kappa shape index (κ1) is 14.8. The SMILES string of the molecule is CCc1nc(Cc2ccc(Cl)c(Cl)c2)[nH]c(=O)c1I. The van der Waals surface area contributed by atoms with E-state index in [1.54, 1.807) is 12.1 Å². The van der Waals surface area contributed by atoms with Gasteiger partial charge in [-0.2, -0.15) is 0 Å². The van der Waals surface area contributed by atoms with Crippen molar-refractivity contribution in [2.75, 3.05) is 0 Å². The molecule has 2 aromatic rings. The maximum atomic E-state index is 11.8. The van der Waals surface area contributed by atoms with Gasteiger partial charge in [0.05, 0.1) is 19.3 Å². The predicted octanol–water partition coefficient (Wildman–Crippen LogP) is 3.83. The molecule has 0 aliphatic carbocycles. The molecular formula is C13H11Cl2IN2O. The number of aryl methyl sites for hydroxylation is 1. The highest BCUT2D eigenvalue weighted by Crippen LogP contribution is 2.23. The molecule has 1 heterocycles. The van der Waals surface area contributed by atoms with Crippen LogP contribution >= 0.6 is 45.8 Å². The van der Waals surface area contributed by atoms with Gasteiger partial charge < -0.3 is 4.98 Å². The highest BCUT2D eigenvalue weighted by molar-refractivity contribution is 14.1. The number of halogens is 3. The lowest BCUT2D eigenvalue weighted by Crippen LogP contribution is -2.18. The molecule has 0 saturated heterocycles. The van der Waals surface area contributed by atoms with Crippen LogP contribution in [0.3, 0.4) is 0 Å². The lowest BCUT2D eigenvalue weighted by Gasteiger charge is -2.06. The molecule has 1 N–H and O–H groups in total. The summed E-state index contributed by atoms with van der Waals surface area (Å²) in [6.45, 7) is 1.98. The average molecular weight is 409 g/mol. The number of aromatic nitrogens is 2. The van der Waals surface area contributed by atoms with Crippen LogP contribution in [0, 0.1) is 3.57 Å². The molecule has 0 aliphatic rings. The zero-order valence-electron chi connectivity index (χ0n) is 10.1. The van der Waals surface area contributed by atoms with E-state index in [1.165, 1.54) is 0 Å². The number of hydrogen-bond acceptors (Lipinski definition) is 2. The summed E-state index contributed by atoms with van der Waals surface area (Å²) in [5, 5.41) is 1.02. The van der Waals surface area contributed by atoms with Gasteiger partial charge in [-0.05, 0) is 46.7 Å². The zero-order valence-corrected chi connectivity index (χ0v) is 13.8. The molecule has 0 radical (unpaired) electrons. The van der Waals surface area contributed by atoms with Crippen LogP contribution in [-0.4, -0.2) is 9.97 Å². The Morgan fingerprint density at radius 2 is 2.05 bits per heavy atom. The van der Waals surface area contributed by atoms with Crippen molar-refractivity contribution in [1.82, 2.24) is 9.97 Å². The monoisotopic (exact) mass is 408 g/mol. The van der Waals surface area contributed by atoms with Gasteiger partial charge in [-0.25, -0.2) is 4.98 Å². The Morgan fingerprint density at radius 3 is 2.68 bits per heavy atom. The van der Waals surface area contributed by atoms with Crippen molar-refractivity contribution in [2.24, 2.45) is 0 Å². The molecule has 0 amide bonds. The highest BCUT2D eigenvalue weighted by Gasteiger charge is 2.08. The third kappa shape index (κ3) is 3.49. The normalized spacial score (nSPS) is 10.7. The molecule has 1 aromatic carbocycles. The second-order valence-electron chi connectivity index (χ2n) is 4.05. The molecule has 0 aliphatic heterocycles. The van der Waals surface area contributed by atoms with Crippen molar-refractivity contribution in [3.8, 4) is 0 Å². The Kier molecular flexibility index (Phi) is 4.86. The summed E-state index contributed by atoms with van der Waals surface area (Å²) < 4.78 is 0.651. The number of benzene rings is 1. The number of nitrogens with one attached hydrogen (secondary N) is 1. The second-order valence-corrected chi connectivity index (χ2v) is 5.95. The van der Waals surface area contributed by atoms with Crippen molar-refractivity contribution in [3.05, 3.63) is 59.3 Å². The first-order valence-corrected chi connectivity index (χ1v) is 7.56. The topological polar surface area (TPSA) is 45.8 Å². The summed E-state index contributed by atoms with van der Waals surface area (Å²) in [7, 11) is 0. The third-order valence-corrected chi connectivity index (χ3v) is 4.52. The minimum Gasteiger partial charge on any atom is -0.309 e. The van der Waals surface area contributed by atoms with Crippen LogP contribution in [0.4, 0.5) is 0 Å². The number of aromatic amines is 1. The van der Waals surface area contributed by atoms with Gasteiger partial charge >= 0.3 is 0 Å². The van der Waals surface area contributed by atoms with Gasteiger partial charge in [0.15, 0.2) is 0 Å². The van der Waals surface area contributed by atoms with Gasteiger partial charge in [0.1, 0.15) is 5.82 Å². The quantitative estimate of drug-likeness (QED) is 0.784. The van der Waals surface area contributed by atoms with E-state index in [2.05, 4.69) is 9.97 Å². The van der Waals surface area contributed by atoms with E-state index in [-0.39, 0.29) is 5.56 Å². The van der Waals surface area contributed by atoms with Crippen LogP contribution in [0.25, 0.3) is 0 Å². The Balaban J connectivity index is 2.35. The van der Waals surface area contributed by atoms with E-state index in [1.807, 2.05) is 35.6 Å². The molecule has 0 fully saturated rings. The molecule has 2 rings (SSSR count). The summed E-state index contributed by atoms with van der Waals surface area (Å²) in [6.07, 6.45) is 1.26. The Labute approximate surface area is 134 Å². The predicted molar refractivity (Wildman–Crippen MR) is 86.2 cm³/mol. The van der Waals surface area contributed by atoms with E-state index in [9.17, 15) is 4.79 Å². The fourth-order valence-electron chi connectivity index (χ4n) is 1.72. The van der Waals surface area contributed by atoms with Gasteiger partial charge in [0.25, 0.3) is 5.56 Å². The Bertz CT molecular complexity index is 670. The number of rotatable bonds is 3. The largest absolute Gasteiger partial charge is 0.309 e. The maximum Gasteiger partial charge on any atom is 0.264 e. The molecular weight excluding hydrogens is 398 g/mol. The van der Waals surface area contributed by atoms with Crippen LogP contribution in [0.5, 0.6) is 0 Å². The second kappa shape index (κ2) is 6.24. The van der Waals surface area contributed by atoms with Crippen molar-refractivity contribution in [3.63, 3.8) is 0 Å². The van der Waals surface area contributed by atoms with Gasteiger partial charge in [0.2, 0.25) is 0 Å². The fraction of sp³-hybridized carbons (Fsp3) is 0.231. The lowest BCUT2D eigenvalue weighted by molar-refractivity contribution is 0.875. The Morgan fingerprint density at radius 1 is 1.32 bits per heavy atom. The van der Waals surface area contributed by atoms with Gasteiger partial charge in [-0.1, -0.05) is 36.2 Å². The van der Waals surface area contributed by atoms with E-state index in [4.69, 9.17) is 23.2 Å². The molecule has 3 nitrogen and oxygen atoms in total. The third-order valence-electron chi connectivity index (χ3n) is 2.67. The summed E-state index contributed by atoms with van der Waals surface area (Å²) in [4.78, 5) is 19.0. The molecule has 0 bridgehead atoms. The van der Waals surface area contributed by atoms with Crippen LogP contribution < -0.4 is 5.56 Å². The highest BCUT2D eigenvalue weighted by atomic mass is 127. The molecule has 19 heavy (non-hydrogen) atoms. The number of nitrogens with zero attached hydrogens (tertiary/aromatic N) is 1. The van der Waals surface area contributed by atoms with Crippen LogP contribution in [-0.2, 0) is 12.8 Å². The molecule has 6 heteroatoms. The molecule has 100 valence electrons. The fourth-order valence-corrected chi connectivity index (χ4v) is 2.68. The summed E-state index contributed by atoms with van der Waals surface area (Å²) in [5.74, 6) is 0.639. The molecule has 0 unspecified atom stereocenters. The number of H-pyrrole nitrogens is 1. The lowest BCUT2D eigenvalue weighted by atomic mass is 10.1. The smallest absolute Gasteiger partial charge is 0.264 e. The summed E-state index contributed by atoms with van der Waals surface area (Å²) in [6, 6.07) is 5.40. The van der Waals surface area contributed by atoms with Gasteiger partial charge in [0, 0.05) is 6.42 Å². The number of hydrogen-bond donors (Lipinski definition) is 1. The first-order chi connectivity index (χ1) is 9.01. The standard InChI is InChI=1S/C13H11Cl2IN2O/c1-2-10-12(16)13(19)18-11(17-10)6-7-3-4-8(14)9(15)5-7/h3-5H,2,6H2,1H3,(H,17,18,19). The van der Waals surface area contributed by atoms with Crippen molar-refractivity contribution >= 4 is 45.8 Å². The minimum atomic E-state index is -0.0949. The van der Waals surface area contributed by atoms with Crippen LogP contribution in [0.15, 0.2) is 23.0 Å². The molecule has 1 aromatic heterocycles. The van der Waals surface area contributed by atoms with Crippen molar-refractivity contribution in [1.29, 1.82) is 0 Å². The van der Waals surface area contributed by atoms with Crippen LogP contribution in [0.2, 0.25) is 10.0 Å².